The number of carbonyl (C=O) groups is 1. The van der Waals surface area contributed by atoms with E-state index in [4.69, 9.17) is 5.73 Å². The maximum Gasteiger partial charge on any atom is 0.261 e. The highest BCUT2D eigenvalue weighted by atomic mass is 35.5. The van der Waals surface area contributed by atoms with Crippen LogP contribution in [0.1, 0.15) is 46.7 Å². The SMILES string of the molecule is Cc1ccc(C(=O)NCC2(N)CCCCC2)s1.Cl. The number of hydrogen-bond acceptors (Lipinski definition) is 3. The van der Waals surface area contributed by atoms with Gasteiger partial charge in [0, 0.05) is 17.0 Å². The largest absolute Gasteiger partial charge is 0.349 e. The fourth-order valence-electron chi connectivity index (χ4n) is 2.33. The van der Waals surface area contributed by atoms with Crippen LogP contribution in [0.4, 0.5) is 0 Å². The quantitative estimate of drug-likeness (QED) is 0.898. The van der Waals surface area contributed by atoms with Gasteiger partial charge in [-0.05, 0) is 31.9 Å². The van der Waals surface area contributed by atoms with Gasteiger partial charge in [0.15, 0.2) is 0 Å². The Balaban J connectivity index is 0.00000162. The zero-order chi connectivity index (χ0) is 12.3. The normalized spacial score (nSPS) is 17.9. The van der Waals surface area contributed by atoms with Crippen LogP contribution in [-0.4, -0.2) is 18.0 Å². The Morgan fingerprint density at radius 2 is 2.06 bits per heavy atom. The Hall–Kier alpha value is -0.580. The summed E-state index contributed by atoms with van der Waals surface area (Å²) in [5.74, 6) is 0.0125. The van der Waals surface area contributed by atoms with Crippen LogP contribution in [0, 0.1) is 6.92 Å². The lowest BCUT2D eigenvalue weighted by molar-refractivity contribution is 0.0942. The highest BCUT2D eigenvalue weighted by Crippen LogP contribution is 2.25. The molecule has 3 nitrogen and oxygen atoms in total. The molecule has 1 fully saturated rings. The molecule has 1 aliphatic rings. The molecule has 1 aromatic heterocycles. The van der Waals surface area contributed by atoms with E-state index < -0.39 is 0 Å². The van der Waals surface area contributed by atoms with E-state index in [0.29, 0.717) is 6.54 Å². The molecular weight excluding hydrogens is 268 g/mol. The molecule has 0 atom stereocenters. The van der Waals surface area contributed by atoms with Crippen LogP contribution >= 0.6 is 23.7 Å². The second kappa shape index (κ2) is 6.55. The lowest BCUT2D eigenvalue weighted by Gasteiger charge is -2.33. The minimum Gasteiger partial charge on any atom is -0.349 e. The van der Waals surface area contributed by atoms with Crippen molar-refractivity contribution in [2.45, 2.75) is 44.6 Å². The van der Waals surface area contributed by atoms with Gasteiger partial charge in [-0.25, -0.2) is 0 Å². The third kappa shape index (κ3) is 3.97. The predicted molar refractivity (Wildman–Crippen MR) is 78.6 cm³/mol. The second-order valence-electron chi connectivity index (χ2n) is 5.02. The molecule has 0 aliphatic heterocycles. The van der Waals surface area contributed by atoms with E-state index >= 15 is 0 Å². The molecule has 0 saturated heterocycles. The minimum absolute atomic E-state index is 0. The van der Waals surface area contributed by atoms with Gasteiger partial charge in [0.05, 0.1) is 4.88 Å². The molecule has 18 heavy (non-hydrogen) atoms. The van der Waals surface area contributed by atoms with Gasteiger partial charge in [-0.2, -0.15) is 0 Å². The summed E-state index contributed by atoms with van der Waals surface area (Å²) in [5.41, 5.74) is 6.10. The van der Waals surface area contributed by atoms with E-state index in [1.165, 1.54) is 30.6 Å². The summed E-state index contributed by atoms with van der Waals surface area (Å²) in [7, 11) is 0. The van der Waals surface area contributed by atoms with Crippen molar-refractivity contribution >= 4 is 29.7 Å². The van der Waals surface area contributed by atoms with Crippen molar-refractivity contribution in [3.05, 3.63) is 21.9 Å². The van der Waals surface area contributed by atoms with Gasteiger partial charge in [0.1, 0.15) is 0 Å². The lowest BCUT2D eigenvalue weighted by atomic mass is 9.82. The summed E-state index contributed by atoms with van der Waals surface area (Å²) in [6.07, 6.45) is 5.69. The Kier molecular flexibility index (Phi) is 5.63. The Labute approximate surface area is 119 Å². The van der Waals surface area contributed by atoms with E-state index in [1.807, 2.05) is 19.1 Å². The third-order valence-corrected chi connectivity index (χ3v) is 4.41. The zero-order valence-corrected chi connectivity index (χ0v) is 12.3. The molecule has 3 N–H and O–H groups in total. The van der Waals surface area contributed by atoms with Crippen LogP contribution in [0.15, 0.2) is 12.1 Å². The number of rotatable bonds is 3. The smallest absolute Gasteiger partial charge is 0.261 e. The van der Waals surface area contributed by atoms with Gasteiger partial charge in [-0.3, -0.25) is 4.79 Å². The Morgan fingerprint density at radius 3 is 2.61 bits per heavy atom. The number of aryl methyl sites for hydroxylation is 1. The first kappa shape index (κ1) is 15.5. The summed E-state index contributed by atoms with van der Waals surface area (Å²) in [6.45, 7) is 2.61. The predicted octanol–water partition coefficient (Wildman–Crippen LogP) is 2.87. The summed E-state index contributed by atoms with van der Waals surface area (Å²) in [5, 5.41) is 2.97. The van der Waals surface area contributed by atoms with Crippen LogP contribution in [0.25, 0.3) is 0 Å². The molecule has 1 saturated carbocycles. The van der Waals surface area contributed by atoms with E-state index in [1.54, 1.807) is 0 Å². The zero-order valence-electron chi connectivity index (χ0n) is 10.7. The number of carbonyl (C=O) groups excluding carboxylic acids is 1. The first-order chi connectivity index (χ1) is 8.09. The van der Waals surface area contributed by atoms with E-state index in [2.05, 4.69) is 5.32 Å². The molecule has 102 valence electrons. The first-order valence-electron chi connectivity index (χ1n) is 6.23. The average molecular weight is 289 g/mol. The summed E-state index contributed by atoms with van der Waals surface area (Å²) >= 11 is 1.53. The molecule has 1 heterocycles. The number of nitrogens with two attached hydrogens (primary N) is 1. The lowest BCUT2D eigenvalue weighted by Crippen LogP contribution is -2.51. The summed E-state index contributed by atoms with van der Waals surface area (Å²) in [6, 6.07) is 3.85. The molecule has 2 rings (SSSR count). The van der Waals surface area contributed by atoms with Gasteiger partial charge < -0.3 is 11.1 Å². The topological polar surface area (TPSA) is 55.1 Å². The molecule has 1 aliphatic carbocycles. The molecule has 0 unspecified atom stereocenters. The molecule has 0 bridgehead atoms. The fourth-order valence-corrected chi connectivity index (χ4v) is 3.12. The molecule has 0 spiro atoms. The number of thiophene rings is 1. The van der Waals surface area contributed by atoms with Crippen molar-refractivity contribution in [3.8, 4) is 0 Å². The van der Waals surface area contributed by atoms with Crippen molar-refractivity contribution in [2.24, 2.45) is 5.73 Å². The highest BCUT2D eigenvalue weighted by Gasteiger charge is 2.27. The van der Waals surface area contributed by atoms with Gasteiger partial charge in [-0.15, -0.1) is 23.7 Å². The number of halogens is 1. The standard InChI is InChI=1S/C13H20N2OS.ClH/c1-10-5-6-11(17-10)12(16)15-9-13(14)7-3-2-4-8-13;/h5-6H,2-4,7-9,14H2,1H3,(H,15,16);1H. The van der Waals surface area contributed by atoms with Crippen molar-refractivity contribution in [1.82, 2.24) is 5.32 Å². The molecule has 1 aromatic rings. The molecular formula is C13H21ClN2OS. The van der Waals surface area contributed by atoms with Crippen molar-refractivity contribution in [3.63, 3.8) is 0 Å². The van der Waals surface area contributed by atoms with Crippen LogP contribution in [0.2, 0.25) is 0 Å². The van der Waals surface area contributed by atoms with Crippen molar-refractivity contribution in [1.29, 1.82) is 0 Å². The summed E-state index contributed by atoms with van der Waals surface area (Å²) in [4.78, 5) is 13.8. The fraction of sp³-hybridized carbons (Fsp3) is 0.615. The number of hydrogen-bond donors (Lipinski definition) is 2. The maximum atomic E-state index is 11.9. The molecule has 5 heteroatoms. The van der Waals surface area contributed by atoms with Gasteiger partial charge in [0.25, 0.3) is 5.91 Å². The molecule has 1 amide bonds. The number of amides is 1. The van der Waals surface area contributed by atoms with Gasteiger partial charge >= 0.3 is 0 Å². The minimum atomic E-state index is -0.180. The van der Waals surface area contributed by atoms with Crippen LogP contribution < -0.4 is 11.1 Å². The second-order valence-corrected chi connectivity index (χ2v) is 6.30. The van der Waals surface area contributed by atoms with Crippen LogP contribution in [-0.2, 0) is 0 Å². The molecule has 0 aromatic carbocycles. The third-order valence-electron chi connectivity index (χ3n) is 3.41. The Bertz CT molecular complexity index is 399. The van der Waals surface area contributed by atoms with E-state index in [9.17, 15) is 4.79 Å². The van der Waals surface area contributed by atoms with Crippen molar-refractivity contribution < 1.29 is 4.79 Å². The van der Waals surface area contributed by atoms with Gasteiger partial charge in [-0.1, -0.05) is 19.3 Å². The highest BCUT2D eigenvalue weighted by molar-refractivity contribution is 7.13. The van der Waals surface area contributed by atoms with Gasteiger partial charge in [0.2, 0.25) is 0 Å². The summed E-state index contributed by atoms with van der Waals surface area (Å²) < 4.78 is 0. The van der Waals surface area contributed by atoms with Crippen LogP contribution in [0.5, 0.6) is 0 Å². The maximum absolute atomic E-state index is 11.9. The number of nitrogens with one attached hydrogen (secondary N) is 1. The first-order valence-corrected chi connectivity index (χ1v) is 7.04. The monoisotopic (exact) mass is 288 g/mol. The van der Waals surface area contributed by atoms with Crippen LogP contribution in [0.3, 0.4) is 0 Å². The molecule has 0 radical (unpaired) electrons. The van der Waals surface area contributed by atoms with Crippen molar-refractivity contribution in [2.75, 3.05) is 6.54 Å². The van der Waals surface area contributed by atoms with E-state index in [-0.39, 0.29) is 23.9 Å². The Morgan fingerprint density at radius 1 is 1.39 bits per heavy atom. The van der Waals surface area contributed by atoms with E-state index in [0.717, 1.165) is 22.6 Å². The average Bonchev–Trinajstić information content (AvgIpc) is 2.74.